The Balaban J connectivity index is 1.70. The maximum absolute atomic E-state index is 14.0. The Morgan fingerprint density at radius 3 is 2.59 bits per heavy atom. The molecule has 4 rings (SSSR count). The minimum absolute atomic E-state index is 0.0528. The van der Waals surface area contributed by atoms with Crippen LogP contribution in [0.4, 0.5) is 0 Å². The zero-order chi connectivity index (χ0) is 29.1. The van der Waals surface area contributed by atoms with Crippen molar-refractivity contribution >= 4 is 11.8 Å². The van der Waals surface area contributed by atoms with E-state index in [1.165, 1.54) is 0 Å². The van der Waals surface area contributed by atoms with Gasteiger partial charge < -0.3 is 24.6 Å². The summed E-state index contributed by atoms with van der Waals surface area (Å²) in [5.41, 5.74) is 10.6. The maximum Gasteiger partial charge on any atom is 0.252 e. The summed E-state index contributed by atoms with van der Waals surface area (Å²) in [6.07, 6.45) is 1.58. The van der Waals surface area contributed by atoms with Gasteiger partial charge in [0.25, 0.3) is 5.91 Å². The molecule has 0 radical (unpaired) electrons. The van der Waals surface area contributed by atoms with Gasteiger partial charge in [-0.25, -0.2) is 4.99 Å². The summed E-state index contributed by atoms with van der Waals surface area (Å²) in [5.74, 6) is 1.35. The second kappa shape index (κ2) is 14.0. The quantitative estimate of drug-likeness (QED) is 0.0900. The van der Waals surface area contributed by atoms with Crippen molar-refractivity contribution in [3.05, 3.63) is 118 Å². The number of hydrogen-bond acceptors (Lipinski definition) is 7. The predicted molar refractivity (Wildman–Crippen MR) is 156 cm³/mol. The third-order valence-electron chi connectivity index (χ3n) is 6.74. The highest BCUT2D eigenvalue weighted by Gasteiger charge is 2.52. The average Bonchev–Trinajstić information content (AvgIpc) is 3.40. The highest BCUT2D eigenvalue weighted by atomic mass is 16.5. The molecule has 10 nitrogen and oxygen atoms in total. The Bertz CT molecular complexity index is 1420. The van der Waals surface area contributed by atoms with Crippen LogP contribution in [0, 0.1) is 0 Å². The van der Waals surface area contributed by atoms with Crippen molar-refractivity contribution in [1.82, 2.24) is 5.32 Å². The molecule has 0 unspecified atom stereocenters. The molecule has 2 N–H and O–H groups in total. The second-order valence-electron chi connectivity index (χ2n) is 9.40. The maximum atomic E-state index is 14.0. The number of methoxy groups -OCH3 is 1. The molecule has 212 valence electrons. The summed E-state index contributed by atoms with van der Waals surface area (Å²) in [6.45, 7) is 4.74. The van der Waals surface area contributed by atoms with Crippen molar-refractivity contribution in [3.8, 4) is 11.5 Å². The van der Waals surface area contributed by atoms with Crippen molar-refractivity contribution in [2.24, 2.45) is 10.1 Å². The van der Waals surface area contributed by atoms with E-state index in [1.807, 2.05) is 60.7 Å². The van der Waals surface area contributed by atoms with E-state index in [9.17, 15) is 4.79 Å². The third-order valence-corrected chi connectivity index (χ3v) is 6.74. The number of benzene rings is 3. The van der Waals surface area contributed by atoms with Crippen molar-refractivity contribution < 1.29 is 24.1 Å². The molecule has 10 heteroatoms. The zero-order valence-corrected chi connectivity index (χ0v) is 22.9. The van der Waals surface area contributed by atoms with Gasteiger partial charge >= 0.3 is 0 Å². The lowest BCUT2D eigenvalue weighted by Gasteiger charge is -2.30. The van der Waals surface area contributed by atoms with Gasteiger partial charge in [0.1, 0.15) is 11.5 Å². The topological polar surface area (TPSA) is 138 Å². The van der Waals surface area contributed by atoms with Crippen LogP contribution in [0.2, 0.25) is 0 Å². The van der Waals surface area contributed by atoms with Gasteiger partial charge in [-0.3, -0.25) is 4.79 Å². The van der Waals surface area contributed by atoms with E-state index in [1.54, 1.807) is 25.3 Å². The summed E-state index contributed by atoms with van der Waals surface area (Å²) in [5, 5.41) is 15.8. The Morgan fingerprint density at radius 2 is 1.90 bits per heavy atom. The normalized spacial score (nSPS) is 17.5. The first kappa shape index (κ1) is 29.2. The molecule has 1 aliphatic heterocycles. The van der Waals surface area contributed by atoms with E-state index in [0.29, 0.717) is 35.8 Å². The largest absolute Gasteiger partial charge is 0.497 e. The Hall–Kier alpha value is -4.79. The molecule has 1 amide bonds. The summed E-state index contributed by atoms with van der Waals surface area (Å²) < 4.78 is 17.4. The highest BCUT2D eigenvalue weighted by molar-refractivity contribution is 6.01. The molecule has 0 aliphatic carbocycles. The van der Waals surface area contributed by atoms with E-state index in [4.69, 9.17) is 29.8 Å². The first-order chi connectivity index (χ1) is 20.0. The van der Waals surface area contributed by atoms with Crippen molar-refractivity contribution in [2.45, 2.75) is 37.6 Å². The number of nitrogens with one attached hydrogen (secondary N) is 1. The van der Waals surface area contributed by atoms with E-state index in [-0.39, 0.29) is 32.0 Å². The number of aliphatic hydroxyl groups is 1. The lowest BCUT2D eigenvalue weighted by atomic mass is 9.82. The van der Waals surface area contributed by atoms with E-state index in [2.05, 4.69) is 21.9 Å². The molecule has 1 aliphatic rings. The smallest absolute Gasteiger partial charge is 0.252 e. The van der Waals surface area contributed by atoms with Crippen LogP contribution in [0.3, 0.4) is 0 Å². The molecular formula is C31H33N5O5. The predicted octanol–water partition coefficient (Wildman–Crippen LogP) is 5.42. The van der Waals surface area contributed by atoms with Gasteiger partial charge in [-0.2, -0.15) is 0 Å². The fraction of sp³-hybridized carbons (Fsp3) is 0.290. The zero-order valence-electron chi connectivity index (χ0n) is 22.9. The van der Waals surface area contributed by atoms with Crippen LogP contribution in [0.25, 0.3) is 10.4 Å². The fourth-order valence-electron chi connectivity index (χ4n) is 4.63. The molecule has 0 saturated carbocycles. The summed E-state index contributed by atoms with van der Waals surface area (Å²) >= 11 is 0. The van der Waals surface area contributed by atoms with E-state index in [0.717, 1.165) is 16.9 Å². The van der Waals surface area contributed by atoms with Crippen LogP contribution in [0.15, 0.2) is 95.6 Å². The molecule has 0 aromatic heterocycles. The third kappa shape index (κ3) is 6.87. The monoisotopic (exact) mass is 555 g/mol. The molecule has 1 heterocycles. The number of carbonyl (C=O) groups excluding carboxylic acids is 1. The summed E-state index contributed by atoms with van der Waals surface area (Å²) in [4.78, 5) is 21.9. The van der Waals surface area contributed by atoms with Crippen molar-refractivity contribution in [2.75, 3.05) is 20.3 Å². The van der Waals surface area contributed by atoms with Gasteiger partial charge in [0.05, 0.1) is 20.3 Å². The number of ether oxygens (including phenoxy) is 3. The number of aliphatic imine (C=N–C) groups is 1. The number of hydrogen-bond donors (Lipinski definition) is 2. The van der Waals surface area contributed by atoms with Crippen LogP contribution in [0.1, 0.15) is 41.2 Å². The Labute approximate surface area is 238 Å². The van der Waals surface area contributed by atoms with Crippen LogP contribution < -0.4 is 14.8 Å². The molecule has 0 saturated heterocycles. The van der Waals surface area contributed by atoms with Crippen LogP contribution >= 0.6 is 0 Å². The van der Waals surface area contributed by atoms with Gasteiger partial charge in [0.15, 0.2) is 11.6 Å². The molecular weight excluding hydrogens is 522 g/mol. The molecule has 0 fully saturated rings. The van der Waals surface area contributed by atoms with E-state index >= 15 is 0 Å². The van der Waals surface area contributed by atoms with Crippen LogP contribution in [0.5, 0.6) is 11.5 Å². The highest BCUT2D eigenvalue weighted by Crippen LogP contribution is 2.44. The first-order valence-electron chi connectivity index (χ1n) is 13.3. The Morgan fingerprint density at radius 1 is 1.17 bits per heavy atom. The molecule has 41 heavy (non-hydrogen) atoms. The summed E-state index contributed by atoms with van der Waals surface area (Å²) in [6, 6.07) is 22.1. The number of aliphatic hydroxyl groups excluding tert-OH is 1. The standard InChI is InChI=1S/C31H33N5O5/c1-3-17-31(30(38)33-20-22-9-13-25(39-2)14-10-22)28(27-8-5-4-7-24(27)21-34-36-32)41-29(35-31)23-11-15-26(16-12-23)40-19-6-18-37/h3-5,7-16,28,37H,1,6,17-21H2,2H3,(H,33,38)/t28-,31-/m1/s1. The van der Waals surface area contributed by atoms with Gasteiger partial charge in [-0.15, -0.1) is 6.58 Å². The van der Waals surface area contributed by atoms with Gasteiger partial charge in [-0.05, 0) is 58.6 Å². The Kier molecular flexibility index (Phi) is 9.99. The number of amides is 1. The van der Waals surface area contributed by atoms with Crippen molar-refractivity contribution in [3.63, 3.8) is 0 Å². The molecule has 2 atom stereocenters. The minimum Gasteiger partial charge on any atom is -0.497 e. The van der Waals surface area contributed by atoms with E-state index < -0.39 is 11.6 Å². The first-order valence-corrected chi connectivity index (χ1v) is 13.3. The van der Waals surface area contributed by atoms with Crippen LogP contribution in [-0.4, -0.2) is 42.8 Å². The number of rotatable bonds is 14. The van der Waals surface area contributed by atoms with Gasteiger partial charge in [0, 0.05) is 36.5 Å². The number of carbonyl (C=O) groups is 1. The average molecular weight is 556 g/mol. The van der Waals surface area contributed by atoms with Gasteiger partial charge in [0.2, 0.25) is 5.90 Å². The summed E-state index contributed by atoms with van der Waals surface area (Å²) in [7, 11) is 1.60. The second-order valence-corrected chi connectivity index (χ2v) is 9.40. The SMILES string of the molecule is C=CC[C@@]1(C(=O)NCc2ccc(OC)cc2)N=C(c2ccc(OCCCO)cc2)O[C@@H]1c1ccccc1CN=[N+]=[N-]. The molecule has 0 bridgehead atoms. The lowest BCUT2D eigenvalue weighted by molar-refractivity contribution is -0.129. The van der Waals surface area contributed by atoms with Crippen molar-refractivity contribution in [1.29, 1.82) is 0 Å². The lowest BCUT2D eigenvalue weighted by Crippen LogP contribution is -2.48. The van der Waals surface area contributed by atoms with Crippen LogP contribution in [-0.2, 0) is 22.6 Å². The number of azide groups is 1. The molecule has 3 aromatic carbocycles. The molecule has 0 spiro atoms. The van der Waals surface area contributed by atoms with Gasteiger partial charge in [-0.1, -0.05) is 47.6 Å². The minimum atomic E-state index is -1.37. The fourth-order valence-corrected chi connectivity index (χ4v) is 4.63. The number of nitrogens with zero attached hydrogens (tertiary/aromatic N) is 4. The molecule has 3 aromatic rings.